The summed E-state index contributed by atoms with van der Waals surface area (Å²) in [7, 11) is 1.67. The Balaban J connectivity index is 1.96. The molecule has 108 valence electrons. The molecule has 0 aliphatic heterocycles. The van der Waals surface area contributed by atoms with Gasteiger partial charge in [-0.05, 0) is 25.1 Å². The number of nitrogens with two attached hydrogens (primary N) is 1. The molecule has 0 aliphatic rings. The molecule has 4 heteroatoms. The van der Waals surface area contributed by atoms with Crippen LogP contribution in [-0.2, 0) is 6.54 Å². The smallest absolute Gasteiger partial charge is 0.123 e. The van der Waals surface area contributed by atoms with Crippen molar-refractivity contribution in [3.63, 3.8) is 0 Å². The van der Waals surface area contributed by atoms with Gasteiger partial charge in [0.2, 0.25) is 0 Å². The summed E-state index contributed by atoms with van der Waals surface area (Å²) in [5, 5.41) is 0. The number of hydrogen-bond acceptors (Lipinski definition) is 3. The molecule has 0 aliphatic carbocycles. The van der Waals surface area contributed by atoms with E-state index in [-0.39, 0.29) is 6.04 Å². The molecule has 0 amide bonds. The summed E-state index contributed by atoms with van der Waals surface area (Å²) in [6, 6.07) is 15.9. The molecule has 21 heavy (non-hydrogen) atoms. The highest BCUT2D eigenvalue weighted by Crippen LogP contribution is 2.26. The van der Waals surface area contributed by atoms with Gasteiger partial charge in [0.25, 0.3) is 0 Å². The Morgan fingerprint density at radius 1 is 1.14 bits per heavy atom. The van der Waals surface area contributed by atoms with E-state index in [1.54, 1.807) is 7.11 Å². The fraction of sp³-hybridized carbons (Fsp3) is 0.235. The van der Waals surface area contributed by atoms with Gasteiger partial charge in [-0.1, -0.05) is 30.3 Å². The van der Waals surface area contributed by atoms with Gasteiger partial charge in [-0.25, -0.2) is 4.98 Å². The van der Waals surface area contributed by atoms with Gasteiger partial charge in [0.15, 0.2) is 0 Å². The van der Waals surface area contributed by atoms with Crippen LogP contribution < -0.4 is 10.5 Å². The average Bonchev–Trinajstić information content (AvgIpc) is 2.83. The molecule has 1 heterocycles. The summed E-state index contributed by atoms with van der Waals surface area (Å²) in [6.07, 6.45) is 0. The number of para-hydroxylation sites is 3. The SMILES string of the molecule is COc1ccccc1C(N)Cn1c(C)nc2ccccc21. The molecule has 0 radical (unpaired) electrons. The molecule has 2 N–H and O–H groups in total. The summed E-state index contributed by atoms with van der Waals surface area (Å²) in [5.74, 6) is 1.80. The predicted octanol–water partition coefficient (Wildman–Crippen LogP) is 3.05. The minimum atomic E-state index is -0.141. The quantitative estimate of drug-likeness (QED) is 0.799. The fourth-order valence-electron chi connectivity index (χ4n) is 2.69. The van der Waals surface area contributed by atoms with Crippen molar-refractivity contribution >= 4 is 11.0 Å². The van der Waals surface area contributed by atoms with Crippen molar-refractivity contribution in [3.05, 3.63) is 59.9 Å². The first-order valence-corrected chi connectivity index (χ1v) is 7.01. The van der Waals surface area contributed by atoms with Gasteiger partial charge in [-0.3, -0.25) is 0 Å². The Morgan fingerprint density at radius 3 is 2.67 bits per heavy atom. The third-order valence-corrected chi connectivity index (χ3v) is 3.76. The maximum Gasteiger partial charge on any atom is 0.123 e. The molecule has 2 aromatic carbocycles. The monoisotopic (exact) mass is 281 g/mol. The molecular formula is C17H19N3O. The zero-order valence-electron chi connectivity index (χ0n) is 12.3. The van der Waals surface area contributed by atoms with Crippen LogP contribution in [0.15, 0.2) is 48.5 Å². The fourth-order valence-corrected chi connectivity index (χ4v) is 2.69. The van der Waals surface area contributed by atoms with Crippen molar-refractivity contribution in [2.75, 3.05) is 7.11 Å². The van der Waals surface area contributed by atoms with Gasteiger partial charge >= 0.3 is 0 Å². The van der Waals surface area contributed by atoms with E-state index in [1.807, 2.05) is 49.4 Å². The van der Waals surface area contributed by atoms with Gasteiger partial charge in [0.1, 0.15) is 11.6 Å². The molecule has 0 saturated carbocycles. The number of ether oxygens (including phenoxy) is 1. The van der Waals surface area contributed by atoms with Crippen molar-refractivity contribution in [1.82, 2.24) is 9.55 Å². The number of aryl methyl sites for hydroxylation is 1. The van der Waals surface area contributed by atoms with E-state index in [1.165, 1.54) is 0 Å². The lowest BCUT2D eigenvalue weighted by atomic mass is 10.1. The zero-order valence-corrected chi connectivity index (χ0v) is 12.3. The lowest BCUT2D eigenvalue weighted by Gasteiger charge is -2.17. The molecule has 1 aromatic heterocycles. The van der Waals surface area contributed by atoms with Crippen LogP contribution in [0, 0.1) is 6.92 Å². The summed E-state index contributed by atoms with van der Waals surface area (Å²) >= 11 is 0. The Kier molecular flexibility index (Phi) is 3.62. The molecule has 3 rings (SSSR count). The van der Waals surface area contributed by atoms with E-state index in [0.29, 0.717) is 6.54 Å². The van der Waals surface area contributed by atoms with Crippen molar-refractivity contribution in [3.8, 4) is 5.75 Å². The minimum Gasteiger partial charge on any atom is -0.496 e. The molecule has 1 unspecified atom stereocenters. The number of benzene rings is 2. The number of methoxy groups -OCH3 is 1. The van der Waals surface area contributed by atoms with Crippen LogP contribution in [0.5, 0.6) is 5.75 Å². The largest absolute Gasteiger partial charge is 0.496 e. The van der Waals surface area contributed by atoms with Crippen molar-refractivity contribution in [2.45, 2.75) is 19.5 Å². The highest BCUT2D eigenvalue weighted by atomic mass is 16.5. The van der Waals surface area contributed by atoms with Crippen LogP contribution in [0.2, 0.25) is 0 Å². The average molecular weight is 281 g/mol. The first-order chi connectivity index (χ1) is 10.2. The van der Waals surface area contributed by atoms with Crippen molar-refractivity contribution in [1.29, 1.82) is 0 Å². The molecule has 0 fully saturated rings. The second kappa shape index (κ2) is 5.58. The third-order valence-electron chi connectivity index (χ3n) is 3.76. The molecule has 0 bridgehead atoms. The third kappa shape index (κ3) is 2.50. The normalized spacial score (nSPS) is 12.5. The minimum absolute atomic E-state index is 0.141. The van der Waals surface area contributed by atoms with E-state index in [0.717, 1.165) is 28.2 Å². The van der Waals surface area contributed by atoms with Gasteiger partial charge in [0.05, 0.1) is 24.2 Å². The lowest BCUT2D eigenvalue weighted by molar-refractivity contribution is 0.402. The summed E-state index contributed by atoms with van der Waals surface area (Å²) in [5.41, 5.74) is 9.52. The van der Waals surface area contributed by atoms with Gasteiger partial charge in [-0.2, -0.15) is 0 Å². The number of rotatable bonds is 4. The number of hydrogen-bond donors (Lipinski definition) is 1. The maximum atomic E-state index is 6.39. The molecule has 4 nitrogen and oxygen atoms in total. The summed E-state index contributed by atoms with van der Waals surface area (Å²) in [4.78, 5) is 4.58. The van der Waals surface area contributed by atoms with Crippen LogP contribution >= 0.6 is 0 Å². The standard InChI is InChI=1S/C17H19N3O/c1-12-19-15-8-4-5-9-16(15)20(12)11-14(18)13-7-3-6-10-17(13)21-2/h3-10,14H,11,18H2,1-2H3. The summed E-state index contributed by atoms with van der Waals surface area (Å²) < 4.78 is 7.56. The predicted molar refractivity (Wildman–Crippen MR) is 84.4 cm³/mol. The molecule has 0 saturated heterocycles. The molecule has 3 aromatic rings. The van der Waals surface area contributed by atoms with E-state index < -0.39 is 0 Å². The Morgan fingerprint density at radius 2 is 1.86 bits per heavy atom. The highest BCUT2D eigenvalue weighted by Gasteiger charge is 2.15. The van der Waals surface area contributed by atoms with Gasteiger partial charge < -0.3 is 15.0 Å². The topological polar surface area (TPSA) is 53.1 Å². The summed E-state index contributed by atoms with van der Waals surface area (Å²) in [6.45, 7) is 2.68. The van der Waals surface area contributed by atoms with Crippen molar-refractivity contribution < 1.29 is 4.74 Å². The number of fused-ring (bicyclic) bond motifs is 1. The molecular weight excluding hydrogens is 262 g/mol. The zero-order chi connectivity index (χ0) is 14.8. The van der Waals surface area contributed by atoms with Crippen LogP contribution in [0.3, 0.4) is 0 Å². The number of imidazole rings is 1. The second-order valence-corrected chi connectivity index (χ2v) is 5.11. The first-order valence-electron chi connectivity index (χ1n) is 7.01. The molecule has 1 atom stereocenters. The maximum absolute atomic E-state index is 6.39. The molecule has 0 spiro atoms. The van der Waals surface area contributed by atoms with E-state index >= 15 is 0 Å². The van der Waals surface area contributed by atoms with E-state index in [9.17, 15) is 0 Å². The second-order valence-electron chi connectivity index (χ2n) is 5.11. The van der Waals surface area contributed by atoms with Gasteiger partial charge in [0, 0.05) is 12.1 Å². The van der Waals surface area contributed by atoms with Crippen LogP contribution in [0.25, 0.3) is 11.0 Å². The first kappa shape index (κ1) is 13.6. The lowest BCUT2D eigenvalue weighted by Crippen LogP contribution is -2.19. The van der Waals surface area contributed by atoms with Crippen LogP contribution in [0.4, 0.5) is 0 Å². The Labute approximate surface area is 124 Å². The number of nitrogens with zero attached hydrogens (tertiary/aromatic N) is 2. The Hall–Kier alpha value is -2.33. The number of aromatic nitrogens is 2. The van der Waals surface area contributed by atoms with E-state index in [2.05, 4.69) is 15.6 Å². The van der Waals surface area contributed by atoms with E-state index in [4.69, 9.17) is 10.5 Å². The Bertz CT molecular complexity index is 764. The van der Waals surface area contributed by atoms with Crippen LogP contribution in [0.1, 0.15) is 17.4 Å². The highest BCUT2D eigenvalue weighted by molar-refractivity contribution is 5.75. The van der Waals surface area contributed by atoms with Gasteiger partial charge in [-0.15, -0.1) is 0 Å². The van der Waals surface area contributed by atoms with Crippen LogP contribution in [-0.4, -0.2) is 16.7 Å². The van der Waals surface area contributed by atoms with Crippen molar-refractivity contribution in [2.24, 2.45) is 5.73 Å².